The third-order valence-electron chi connectivity index (χ3n) is 5.38. The summed E-state index contributed by atoms with van der Waals surface area (Å²) in [6.07, 6.45) is 1.88. The summed E-state index contributed by atoms with van der Waals surface area (Å²) in [6, 6.07) is 27.0. The van der Waals surface area contributed by atoms with Gasteiger partial charge < -0.3 is 4.74 Å². The summed E-state index contributed by atoms with van der Waals surface area (Å²) < 4.78 is 3.91. The van der Waals surface area contributed by atoms with E-state index in [1.165, 1.54) is 30.6 Å². The first-order valence-corrected chi connectivity index (χ1v) is 12.2. The Balaban J connectivity index is 1.69. The van der Waals surface area contributed by atoms with Crippen molar-refractivity contribution < 1.29 is 14.3 Å². The van der Waals surface area contributed by atoms with Crippen LogP contribution in [0.25, 0.3) is 6.08 Å². The standard InChI is InChI=1S/C26H21N3O3S2/c1-18-13-15-21(16-14-18)29-26(34-23(27-29)25(31)32-2)28(20-11-7-4-8-12-20)24(30)22(33-26)17-19-9-5-3-6-10-19/h3-17H,1-2H3. The lowest BCUT2D eigenvalue weighted by Crippen LogP contribution is -2.51. The molecule has 34 heavy (non-hydrogen) atoms. The van der Waals surface area contributed by atoms with E-state index in [9.17, 15) is 9.59 Å². The number of esters is 1. The summed E-state index contributed by atoms with van der Waals surface area (Å²) in [7, 11) is 1.33. The highest BCUT2D eigenvalue weighted by Crippen LogP contribution is 2.59. The highest BCUT2D eigenvalue weighted by molar-refractivity contribution is 8.29. The van der Waals surface area contributed by atoms with E-state index in [4.69, 9.17) is 4.74 Å². The molecule has 170 valence electrons. The average molecular weight is 488 g/mol. The molecule has 2 heterocycles. The van der Waals surface area contributed by atoms with Crippen LogP contribution in [0.3, 0.4) is 0 Å². The molecule has 0 radical (unpaired) electrons. The van der Waals surface area contributed by atoms with Gasteiger partial charge in [-0.15, -0.1) is 0 Å². The van der Waals surface area contributed by atoms with Crippen molar-refractivity contribution in [3.63, 3.8) is 0 Å². The first-order valence-electron chi connectivity index (χ1n) is 10.6. The number of hydrogen-bond donors (Lipinski definition) is 0. The molecule has 1 fully saturated rings. The lowest BCUT2D eigenvalue weighted by atomic mass is 10.2. The molecule has 0 aliphatic carbocycles. The van der Waals surface area contributed by atoms with Crippen molar-refractivity contribution in [3.05, 3.63) is 101 Å². The number of rotatable bonds is 4. The predicted octanol–water partition coefficient (Wildman–Crippen LogP) is 5.47. The van der Waals surface area contributed by atoms with Gasteiger partial charge in [0.05, 0.1) is 17.7 Å². The van der Waals surface area contributed by atoms with Crippen LogP contribution in [0.15, 0.2) is 94.9 Å². The van der Waals surface area contributed by atoms with E-state index in [0.29, 0.717) is 10.6 Å². The van der Waals surface area contributed by atoms with Gasteiger partial charge in [0.2, 0.25) is 9.37 Å². The summed E-state index contributed by atoms with van der Waals surface area (Å²) in [5, 5.41) is 6.57. The van der Waals surface area contributed by atoms with Crippen molar-refractivity contribution in [1.29, 1.82) is 0 Å². The summed E-state index contributed by atoms with van der Waals surface area (Å²) >= 11 is 2.58. The summed E-state index contributed by atoms with van der Waals surface area (Å²) in [5.74, 6) is -0.702. The fourth-order valence-electron chi connectivity index (χ4n) is 3.75. The maximum absolute atomic E-state index is 13.9. The average Bonchev–Trinajstić information content (AvgIpc) is 3.37. The number of amides is 1. The monoisotopic (exact) mass is 487 g/mol. The quantitative estimate of drug-likeness (QED) is 0.359. The van der Waals surface area contributed by atoms with Gasteiger partial charge in [-0.2, -0.15) is 5.10 Å². The molecule has 8 heteroatoms. The van der Waals surface area contributed by atoms with Crippen molar-refractivity contribution in [2.75, 3.05) is 17.0 Å². The molecular weight excluding hydrogens is 466 g/mol. The van der Waals surface area contributed by atoms with Crippen molar-refractivity contribution >= 4 is 57.9 Å². The van der Waals surface area contributed by atoms with Gasteiger partial charge >= 0.3 is 5.97 Å². The number of para-hydroxylation sites is 1. The number of ether oxygens (including phenoxy) is 1. The number of anilines is 2. The van der Waals surface area contributed by atoms with Gasteiger partial charge in [0.1, 0.15) is 0 Å². The molecule has 1 atom stereocenters. The van der Waals surface area contributed by atoms with Gasteiger partial charge in [-0.05, 0) is 54.6 Å². The second-order valence-electron chi connectivity index (χ2n) is 7.69. The lowest BCUT2D eigenvalue weighted by molar-refractivity contribution is -0.132. The molecule has 0 bridgehead atoms. The Bertz CT molecular complexity index is 1290. The Labute approximate surface area is 206 Å². The Morgan fingerprint density at radius 3 is 2.21 bits per heavy atom. The molecule has 1 spiro atoms. The molecule has 0 saturated carbocycles. The van der Waals surface area contributed by atoms with E-state index >= 15 is 0 Å². The van der Waals surface area contributed by atoms with Crippen LogP contribution in [0.2, 0.25) is 0 Å². The predicted molar refractivity (Wildman–Crippen MR) is 139 cm³/mol. The van der Waals surface area contributed by atoms with Crippen LogP contribution >= 0.6 is 23.5 Å². The van der Waals surface area contributed by atoms with Crippen molar-refractivity contribution in [2.24, 2.45) is 5.10 Å². The van der Waals surface area contributed by atoms with Crippen LogP contribution in [0, 0.1) is 6.92 Å². The number of carbonyl (C=O) groups is 2. The molecule has 6 nitrogen and oxygen atoms in total. The Morgan fingerprint density at radius 1 is 0.912 bits per heavy atom. The third kappa shape index (κ3) is 3.89. The summed E-state index contributed by atoms with van der Waals surface area (Å²) in [4.78, 5) is 28.7. The van der Waals surface area contributed by atoms with Gasteiger partial charge in [0.25, 0.3) is 5.91 Å². The van der Waals surface area contributed by atoms with Gasteiger partial charge in [-0.1, -0.05) is 78.0 Å². The lowest BCUT2D eigenvalue weighted by Gasteiger charge is -2.38. The van der Waals surface area contributed by atoms with Crippen LogP contribution in [-0.4, -0.2) is 28.4 Å². The summed E-state index contributed by atoms with van der Waals surface area (Å²) in [5.41, 5.74) is 3.49. The van der Waals surface area contributed by atoms with Crippen molar-refractivity contribution in [2.45, 2.75) is 11.3 Å². The molecule has 2 aliphatic rings. The Kier molecular flexibility index (Phi) is 5.93. The minimum absolute atomic E-state index is 0.161. The van der Waals surface area contributed by atoms with Crippen molar-refractivity contribution in [3.8, 4) is 0 Å². The Hall–Kier alpha value is -3.49. The third-order valence-corrected chi connectivity index (χ3v) is 8.07. The molecule has 3 aromatic rings. The van der Waals surface area contributed by atoms with E-state index in [1.54, 1.807) is 9.91 Å². The van der Waals surface area contributed by atoms with Crippen LogP contribution in [-0.2, 0) is 14.3 Å². The maximum Gasteiger partial charge on any atom is 0.365 e. The fourth-order valence-corrected chi connectivity index (χ4v) is 6.64. The number of nitrogens with zero attached hydrogens (tertiary/aromatic N) is 3. The van der Waals surface area contributed by atoms with Gasteiger partial charge in [-0.3, -0.25) is 9.69 Å². The maximum atomic E-state index is 13.9. The number of aryl methyl sites for hydroxylation is 1. The smallest absolute Gasteiger partial charge is 0.365 e. The first-order chi connectivity index (χ1) is 16.5. The zero-order chi connectivity index (χ0) is 23.7. The summed E-state index contributed by atoms with van der Waals surface area (Å²) in [6.45, 7) is 2.01. The molecule has 3 aromatic carbocycles. The molecule has 1 saturated heterocycles. The molecule has 1 amide bonds. The van der Waals surface area contributed by atoms with Crippen LogP contribution in [0.5, 0.6) is 0 Å². The zero-order valence-electron chi connectivity index (χ0n) is 18.5. The minimum atomic E-state index is -1.07. The molecule has 5 rings (SSSR count). The van der Waals surface area contributed by atoms with Crippen LogP contribution in [0.4, 0.5) is 11.4 Å². The first kappa shape index (κ1) is 22.3. The van der Waals surface area contributed by atoms with Gasteiger partial charge in [0.15, 0.2) is 0 Å². The molecule has 0 N–H and O–H groups in total. The second-order valence-corrected chi connectivity index (χ2v) is 10.3. The number of hydrogen-bond acceptors (Lipinski definition) is 7. The largest absolute Gasteiger partial charge is 0.464 e. The van der Waals surface area contributed by atoms with Crippen LogP contribution in [0.1, 0.15) is 11.1 Å². The zero-order valence-corrected chi connectivity index (χ0v) is 20.2. The highest BCUT2D eigenvalue weighted by Gasteiger charge is 2.60. The highest BCUT2D eigenvalue weighted by atomic mass is 32.2. The molecule has 0 aromatic heterocycles. The normalized spacial score (nSPS) is 20.8. The number of thioether (sulfide) groups is 2. The molecular formula is C26H21N3O3S2. The van der Waals surface area contributed by atoms with E-state index in [1.807, 2.05) is 97.9 Å². The number of hydrazone groups is 1. The van der Waals surface area contributed by atoms with Crippen molar-refractivity contribution in [1.82, 2.24) is 0 Å². The molecule has 2 aliphatic heterocycles. The second kappa shape index (κ2) is 9.04. The van der Waals surface area contributed by atoms with E-state index in [0.717, 1.165) is 16.8 Å². The fraction of sp³-hybridized carbons (Fsp3) is 0.115. The van der Waals surface area contributed by atoms with Gasteiger partial charge in [-0.25, -0.2) is 9.80 Å². The van der Waals surface area contributed by atoms with E-state index in [-0.39, 0.29) is 11.0 Å². The van der Waals surface area contributed by atoms with E-state index < -0.39 is 10.3 Å². The minimum Gasteiger partial charge on any atom is -0.464 e. The SMILES string of the molecule is COC(=O)C1=NN(c2ccc(C)cc2)C2(SC(=Cc3ccccc3)C(=O)N2c2ccccc2)S1. The molecule has 1 unspecified atom stereocenters. The number of carbonyl (C=O) groups excluding carboxylic acids is 2. The number of methoxy groups -OCH3 is 1. The Morgan fingerprint density at radius 2 is 1.56 bits per heavy atom. The topological polar surface area (TPSA) is 62.2 Å². The van der Waals surface area contributed by atoms with Gasteiger partial charge in [0, 0.05) is 5.69 Å². The number of benzene rings is 3. The van der Waals surface area contributed by atoms with E-state index in [2.05, 4.69) is 5.10 Å². The van der Waals surface area contributed by atoms with Crippen LogP contribution < -0.4 is 9.91 Å².